The predicted octanol–water partition coefficient (Wildman–Crippen LogP) is 3.37. The Morgan fingerprint density at radius 2 is 2.16 bits per heavy atom. The van der Waals surface area contributed by atoms with Crippen LogP contribution in [0.2, 0.25) is 0 Å². The van der Waals surface area contributed by atoms with Crippen LogP contribution >= 0.6 is 15.9 Å². The molecule has 1 fully saturated rings. The molecule has 0 atom stereocenters. The number of nitrogens with one attached hydrogen (secondary N) is 1. The Hall–Kier alpha value is -0.610. The number of nitrogens with zero attached hydrogens (tertiary/aromatic N) is 2. The van der Waals surface area contributed by atoms with Crippen molar-refractivity contribution in [2.45, 2.75) is 33.1 Å². The first-order chi connectivity index (χ1) is 9.22. The van der Waals surface area contributed by atoms with Crippen molar-refractivity contribution in [3.05, 3.63) is 22.3 Å². The zero-order valence-corrected chi connectivity index (χ0v) is 13.5. The first-order valence-corrected chi connectivity index (χ1v) is 8.08. The zero-order chi connectivity index (χ0) is 13.7. The van der Waals surface area contributed by atoms with Gasteiger partial charge in [0.1, 0.15) is 5.82 Å². The molecule has 1 saturated heterocycles. The summed E-state index contributed by atoms with van der Waals surface area (Å²) in [4.78, 5) is 6.94. The van der Waals surface area contributed by atoms with E-state index in [-0.39, 0.29) is 0 Å². The second-order valence-corrected chi connectivity index (χ2v) is 6.19. The Kier molecular flexibility index (Phi) is 5.64. The van der Waals surface area contributed by atoms with Crippen LogP contribution in [0.1, 0.15) is 31.7 Å². The molecule has 0 aliphatic carbocycles. The SMILES string of the molecule is CCCNCC1CCN(c2nccc(C)c2Br)CC1. The molecule has 0 unspecified atom stereocenters. The molecule has 2 heterocycles. The van der Waals surface area contributed by atoms with Crippen LogP contribution in [0.25, 0.3) is 0 Å². The third-order valence-electron chi connectivity index (χ3n) is 3.84. The van der Waals surface area contributed by atoms with Crippen LogP contribution in [-0.4, -0.2) is 31.2 Å². The standard InChI is InChI=1S/C15H24BrN3/c1-3-7-17-11-13-5-9-19(10-6-13)15-14(16)12(2)4-8-18-15/h4,8,13,17H,3,5-7,9-11H2,1-2H3. The molecule has 1 N–H and O–H groups in total. The van der Waals surface area contributed by atoms with E-state index >= 15 is 0 Å². The Balaban J connectivity index is 1.87. The molecule has 0 amide bonds. The number of hydrogen-bond acceptors (Lipinski definition) is 3. The minimum Gasteiger partial charge on any atom is -0.356 e. The van der Waals surface area contributed by atoms with Crippen LogP contribution < -0.4 is 10.2 Å². The van der Waals surface area contributed by atoms with Crippen molar-refractivity contribution in [1.82, 2.24) is 10.3 Å². The second kappa shape index (κ2) is 7.25. The van der Waals surface area contributed by atoms with E-state index in [1.54, 1.807) is 0 Å². The topological polar surface area (TPSA) is 28.2 Å². The monoisotopic (exact) mass is 325 g/mol. The van der Waals surface area contributed by atoms with Crippen molar-refractivity contribution in [2.24, 2.45) is 5.92 Å². The van der Waals surface area contributed by atoms with Crippen LogP contribution in [0, 0.1) is 12.8 Å². The van der Waals surface area contributed by atoms with E-state index < -0.39 is 0 Å². The third kappa shape index (κ3) is 3.93. The Labute approximate surface area is 124 Å². The number of piperidine rings is 1. The van der Waals surface area contributed by atoms with Gasteiger partial charge in [0, 0.05) is 19.3 Å². The zero-order valence-electron chi connectivity index (χ0n) is 12.0. The van der Waals surface area contributed by atoms with Gasteiger partial charge in [0.15, 0.2) is 0 Å². The first kappa shape index (κ1) is 14.8. The molecule has 0 saturated carbocycles. The van der Waals surface area contributed by atoms with Gasteiger partial charge in [-0.15, -0.1) is 0 Å². The van der Waals surface area contributed by atoms with Crippen LogP contribution in [-0.2, 0) is 0 Å². The smallest absolute Gasteiger partial charge is 0.143 e. The number of pyridine rings is 1. The van der Waals surface area contributed by atoms with Crippen molar-refractivity contribution in [3.63, 3.8) is 0 Å². The molecular formula is C15H24BrN3. The molecule has 0 spiro atoms. The summed E-state index contributed by atoms with van der Waals surface area (Å²) in [7, 11) is 0. The van der Waals surface area contributed by atoms with E-state index in [1.807, 2.05) is 6.20 Å². The minimum atomic E-state index is 0.825. The molecule has 19 heavy (non-hydrogen) atoms. The number of hydrogen-bond donors (Lipinski definition) is 1. The largest absolute Gasteiger partial charge is 0.356 e. The van der Waals surface area contributed by atoms with Crippen molar-refractivity contribution in [3.8, 4) is 0 Å². The quantitative estimate of drug-likeness (QED) is 0.841. The molecule has 0 bridgehead atoms. The van der Waals surface area contributed by atoms with Gasteiger partial charge in [0.25, 0.3) is 0 Å². The molecule has 0 aromatic carbocycles. The molecule has 3 nitrogen and oxygen atoms in total. The van der Waals surface area contributed by atoms with Crippen LogP contribution in [0.3, 0.4) is 0 Å². The highest BCUT2D eigenvalue weighted by Gasteiger charge is 2.21. The molecule has 0 radical (unpaired) electrons. The normalized spacial score (nSPS) is 16.9. The maximum Gasteiger partial charge on any atom is 0.143 e. The van der Waals surface area contributed by atoms with Gasteiger partial charge in [0.2, 0.25) is 0 Å². The van der Waals surface area contributed by atoms with Gasteiger partial charge in [-0.25, -0.2) is 4.98 Å². The third-order valence-corrected chi connectivity index (χ3v) is 4.82. The van der Waals surface area contributed by atoms with Gasteiger partial charge >= 0.3 is 0 Å². The molecular weight excluding hydrogens is 302 g/mol. The lowest BCUT2D eigenvalue weighted by Crippen LogP contribution is -2.38. The van der Waals surface area contributed by atoms with Gasteiger partial charge in [-0.3, -0.25) is 0 Å². The second-order valence-electron chi connectivity index (χ2n) is 5.40. The molecule has 4 heteroatoms. The van der Waals surface area contributed by atoms with Gasteiger partial charge in [-0.05, 0) is 72.8 Å². The highest BCUT2D eigenvalue weighted by molar-refractivity contribution is 9.10. The van der Waals surface area contributed by atoms with Crippen molar-refractivity contribution >= 4 is 21.7 Å². The Morgan fingerprint density at radius 3 is 2.84 bits per heavy atom. The van der Waals surface area contributed by atoms with Gasteiger partial charge in [0.05, 0.1) is 4.47 Å². The fraction of sp³-hybridized carbons (Fsp3) is 0.667. The number of rotatable bonds is 5. The van der Waals surface area contributed by atoms with E-state index in [0.717, 1.165) is 35.8 Å². The summed E-state index contributed by atoms with van der Waals surface area (Å²) < 4.78 is 1.15. The van der Waals surface area contributed by atoms with Gasteiger partial charge in [-0.1, -0.05) is 6.92 Å². The van der Waals surface area contributed by atoms with Crippen LogP contribution in [0.4, 0.5) is 5.82 Å². The predicted molar refractivity (Wildman–Crippen MR) is 84.8 cm³/mol. The van der Waals surface area contributed by atoms with E-state index in [4.69, 9.17) is 0 Å². The van der Waals surface area contributed by atoms with Crippen LogP contribution in [0.5, 0.6) is 0 Å². The summed E-state index contributed by atoms with van der Waals surface area (Å²) in [5, 5.41) is 3.54. The summed E-state index contributed by atoms with van der Waals surface area (Å²) >= 11 is 3.67. The van der Waals surface area contributed by atoms with E-state index in [1.165, 1.54) is 31.4 Å². The number of halogens is 1. The number of anilines is 1. The van der Waals surface area contributed by atoms with Gasteiger partial charge < -0.3 is 10.2 Å². The highest BCUT2D eigenvalue weighted by Crippen LogP contribution is 2.29. The molecule has 2 rings (SSSR count). The van der Waals surface area contributed by atoms with E-state index in [9.17, 15) is 0 Å². The molecule has 1 aliphatic heterocycles. The van der Waals surface area contributed by atoms with Crippen molar-refractivity contribution in [2.75, 3.05) is 31.1 Å². The minimum absolute atomic E-state index is 0.825. The number of aryl methyl sites for hydroxylation is 1. The maximum absolute atomic E-state index is 4.53. The lowest BCUT2D eigenvalue weighted by atomic mass is 9.96. The summed E-state index contributed by atoms with van der Waals surface area (Å²) in [6.07, 6.45) is 5.65. The Morgan fingerprint density at radius 1 is 1.42 bits per heavy atom. The summed E-state index contributed by atoms with van der Waals surface area (Å²) in [6.45, 7) is 8.89. The fourth-order valence-electron chi connectivity index (χ4n) is 2.58. The lowest BCUT2D eigenvalue weighted by molar-refractivity contribution is 0.382. The molecule has 1 aliphatic rings. The van der Waals surface area contributed by atoms with Crippen molar-refractivity contribution < 1.29 is 0 Å². The van der Waals surface area contributed by atoms with Crippen LogP contribution in [0.15, 0.2) is 16.7 Å². The molecule has 1 aromatic rings. The number of aromatic nitrogens is 1. The molecule has 106 valence electrons. The van der Waals surface area contributed by atoms with E-state index in [0.29, 0.717) is 0 Å². The average Bonchev–Trinajstić information content (AvgIpc) is 2.43. The maximum atomic E-state index is 4.53. The lowest BCUT2D eigenvalue weighted by Gasteiger charge is -2.33. The van der Waals surface area contributed by atoms with Gasteiger partial charge in [-0.2, -0.15) is 0 Å². The Bertz CT molecular complexity index is 400. The summed E-state index contributed by atoms with van der Waals surface area (Å²) in [5.74, 6) is 1.94. The summed E-state index contributed by atoms with van der Waals surface area (Å²) in [5.41, 5.74) is 1.26. The highest BCUT2D eigenvalue weighted by atomic mass is 79.9. The average molecular weight is 326 g/mol. The van der Waals surface area contributed by atoms with E-state index in [2.05, 4.69) is 51.0 Å². The first-order valence-electron chi connectivity index (χ1n) is 7.29. The van der Waals surface area contributed by atoms with Crippen molar-refractivity contribution in [1.29, 1.82) is 0 Å². The molecule has 1 aromatic heterocycles. The summed E-state index contributed by atoms with van der Waals surface area (Å²) in [6, 6.07) is 2.05. The fourth-order valence-corrected chi connectivity index (χ4v) is 3.06.